The van der Waals surface area contributed by atoms with Gasteiger partial charge in [0.1, 0.15) is 0 Å². The number of nitrogens with zero attached hydrogens (tertiary/aromatic N) is 1. The van der Waals surface area contributed by atoms with Gasteiger partial charge in [-0.1, -0.05) is 212 Å². The summed E-state index contributed by atoms with van der Waals surface area (Å²) in [5, 5.41) is 9.91. The molecule has 0 aliphatic rings. The molecule has 0 N–H and O–H groups in total. The summed E-state index contributed by atoms with van der Waals surface area (Å²) in [6.45, 7) is 0. The fourth-order valence-electron chi connectivity index (χ4n) is 9.74. The van der Waals surface area contributed by atoms with Gasteiger partial charge in [-0.2, -0.15) is 0 Å². The summed E-state index contributed by atoms with van der Waals surface area (Å²) < 4.78 is 2.44. The molecule has 294 valence electrons. The van der Waals surface area contributed by atoms with Crippen molar-refractivity contribution in [1.29, 1.82) is 0 Å². The van der Waals surface area contributed by atoms with E-state index in [0.29, 0.717) is 0 Å². The lowest BCUT2D eigenvalue weighted by atomic mass is 9.90. The van der Waals surface area contributed by atoms with Crippen LogP contribution in [0.2, 0.25) is 0 Å². The monoisotopic (exact) mass is 799 g/mol. The van der Waals surface area contributed by atoms with Crippen LogP contribution in [0.15, 0.2) is 249 Å². The van der Waals surface area contributed by atoms with Crippen molar-refractivity contribution in [3.05, 3.63) is 249 Å². The lowest BCUT2D eigenvalue weighted by molar-refractivity contribution is 1.10. The van der Waals surface area contributed by atoms with E-state index in [9.17, 15) is 0 Å². The normalized spacial score (nSPS) is 11.5. The molecule has 0 atom stereocenters. The van der Waals surface area contributed by atoms with Gasteiger partial charge in [-0.05, 0) is 135 Å². The van der Waals surface area contributed by atoms with Gasteiger partial charge in [-0.25, -0.2) is 0 Å². The average Bonchev–Trinajstić information content (AvgIpc) is 3.81. The van der Waals surface area contributed by atoms with Crippen molar-refractivity contribution >= 4 is 43.1 Å². The second kappa shape index (κ2) is 15.3. The first-order valence-electron chi connectivity index (χ1n) is 21.7. The molecule has 1 aromatic heterocycles. The minimum atomic E-state index is 1.12. The van der Waals surface area contributed by atoms with Crippen LogP contribution >= 0.6 is 0 Å². The first kappa shape index (κ1) is 36.6. The standard InChI is InChI=1S/C62H41N/c1-3-16-48(17-4-1)61-36-37-62(49-18-5-2-6-19-49)63(61)52-38-51-40-58-50(22-13-27-57(58)46-30-28-44(29-31-46)55-25-11-20-42-14-7-9-23-53(42)55)39-59(51)60(41-52)47-34-32-45(33-35-47)56-26-12-21-43-15-8-10-24-54(43)56/h1-41H. The van der Waals surface area contributed by atoms with E-state index in [1.54, 1.807) is 0 Å². The van der Waals surface area contributed by atoms with Crippen molar-refractivity contribution in [3.63, 3.8) is 0 Å². The molecule has 0 aliphatic heterocycles. The van der Waals surface area contributed by atoms with E-state index in [-0.39, 0.29) is 0 Å². The van der Waals surface area contributed by atoms with Crippen molar-refractivity contribution < 1.29 is 0 Å². The van der Waals surface area contributed by atoms with Crippen molar-refractivity contribution in [2.75, 3.05) is 0 Å². The number of rotatable bonds is 7. The van der Waals surface area contributed by atoms with Crippen molar-refractivity contribution in [2.24, 2.45) is 0 Å². The molecule has 63 heavy (non-hydrogen) atoms. The van der Waals surface area contributed by atoms with Gasteiger partial charge in [0, 0.05) is 5.69 Å². The maximum atomic E-state index is 2.44. The molecule has 0 spiro atoms. The molecule has 0 fully saturated rings. The summed E-state index contributed by atoms with van der Waals surface area (Å²) in [5.74, 6) is 0. The first-order valence-corrected chi connectivity index (χ1v) is 21.7. The Kier molecular flexibility index (Phi) is 8.90. The largest absolute Gasteiger partial charge is 0.309 e. The zero-order valence-corrected chi connectivity index (χ0v) is 34.6. The Morgan fingerprint density at radius 1 is 0.206 bits per heavy atom. The minimum absolute atomic E-state index is 1.12. The van der Waals surface area contributed by atoms with Gasteiger partial charge >= 0.3 is 0 Å². The molecule has 0 bridgehead atoms. The second-order valence-electron chi connectivity index (χ2n) is 16.5. The van der Waals surface area contributed by atoms with Crippen LogP contribution < -0.4 is 0 Å². The summed E-state index contributed by atoms with van der Waals surface area (Å²) in [6.07, 6.45) is 0. The van der Waals surface area contributed by atoms with Crippen LogP contribution in [-0.4, -0.2) is 4.57 Å². The SMILES string of the molecule is c1ccc(-c2ccc(-c3ccccc3)n2-c2cc(-c3ccc(-c4cccc5ccccc45)cc3)c3cc4cccc(-c5ccc(-c6cccc7ccccc67)cc5)c4cc3c2)cc1. The van der Waals surface area contributed by atoms with Gasteiger partial charge in [0.25, 0.3) is 0 Å². The number of benzene rings is 11. The molecular formula is C62H41N. The highest BCUT2D eigenvalue weighted by atomic mass is 15.0. The Bertz CT molecular complexity index is 3570. The highest BCUT2D eigenvalue weighted by Crippen LogP contribution is 2.42. The van der Waals surface area contributed by atoms with Crippen LogP contribution in [-0.2, 0) is 0 Å². The summed E-state index contributed by atoms with van der Waals surface area (Å²) >= 11 is 0. The average molecular weight is 800 g/mol. The molecule has 0 aliphatic carbocycles. The molecule has 0 radical (unpaired) electrons. The Labute approximate surface area is 367 Å². The van der Waals surface area contributed by atoms with Gasteiger partial charge in [-0.3, -0.25) is 0 Å². The van der Waals surface area contributed by atoms with E-state index in [0.717, 1.165) is 17.1 Å². The minimum Gasteiger partial charge on any atom is -0.309 e. The summed E-state index contributed by atoms with van der Waals surface area (Å²) in [5.41, 5.74) is 15.5. The third kappa shape index (κ3) is 6.50. The maximum absolute atomic E-state index is 2.44. The van der Waals surface area contributed by atoms with Crippen LogP contribution in [0, 0.1) is 0 Å². The van der Waals surface area contributed by atoms with E-state index >= 15 is 0 Å². The Morgan fingerprint density at radius 2 is 0.587 bits per heavy atom. The Hall–Kier alpha value is -8.26. The molecule has 1 heteroatoms. The quantitative estimate of drug-likeness (QED) is 0.142. The maximum Gasteiger partial charge on any atom is 0.0535 e. The highest BCUT2D eigenvalue weighted by Gasteiger charge is 2.18. The molecule has 0 saturated carbocycles. The zero-order valence-electron chi connectivity index (χ0n) is 34.6. The number of aromatic nitrogens is 1. The summed E-state index contributed by atoms with van der Waals surface area (Å²) in [6, 6.07) is 91.1. The predicted molar refractivity (Wildman–Crippen MR) is 268 cm³/mol. The lowest BCUT2D eigenvalue weighted by Gasteiger charge is -2.19. The molecule has 1 heterocycles. The van der Waals surface area contributed by atoms with E-state index in [4.69, 9.17) is 0 Å². The molecule has 0 saturated heterocycles. The van der Waals surface area contributed by atoms with E-state index < -0.39 is 0 Å². The molecule has 1 nitrogen and oxygen atoms in total. The zero-order chi connectivity index (χ0) is 41.7. The topological polar surface area (TPSA) is 4.93 Å². The third-order valence-electron chi connectivity index (χ3n) is 12.8. The fourth-order valence-corrected chi connectivity index (χ4v) is 9.74. The first-order chi connectivity index (χ1) is 31.2. The van der Waals surface area contributed by atoms with Gasteiger partial charge in [0.05, 0.1) is 11.4 Å². The number of hydrogen-bond donors (Lipinski definition) is 0. The van der Waals surface area contributed by atoms with Gasteiger partial charge in [0.15, 0.2) is 0 Å². The lowest BCUT2D eigenvalue weighted by Crippen LogP contribution is -2.00. The van der Waals surface area contributed by atoms with Crippen LogP contribution in [0.25, 0.3) is 116 Å². The molecule has 12 aromatic rings. The van der Waals surface area contributed by atoms with Crippen LogP contribution in [0.3, 0.4) is 0 Å². The Morgan fingerprint density at radius 3 is 1.10 bits per heavy atom. The van der Waals surface area contributed by atoms with Gasteiger partial charge in [-0.15, -0.1) is 0 Å². The van der Waals surface area contributed by atoms with E-state index in [1.807, 2.05) is 0 Å². The van der Waals surface area contributed by atoms with Crippen LogP contribution in [0.4, 0.5) is 0 Å². The highest BCUT2D eigenvalue weighted by molar-refractivity contribution is 6.10. The Balaban J connectivity index is 1.06. The van der Waals surface area contributed by atoms with Crippen molar-refractivity contribution in [1.82, 2.24) is 4.57 Å². The van der Waals surface area contributed by atoms with Crippen LogP contribution in [0.5, 0.6) is 0 Å². The third-order valence-corrected chi connectivity index (χ3v) is 12.8. The van der Waals surface area contributed by atoms with Gasteiger partial charge < -0.3 is 4.57 Å². The van der Waals surface area contributed by atoms with E-state index in [1.165, 1.54) is 98.7 Å². The fraction of sp³-hybridized carbons (Fsp3) is 0. The molecular weight excluding hydrogens is 759 g/mol. The van der Waals surface area contributed by atoms with Crippen molar-refractivity contribution in [2.45, 2.75) is 0 Å². The van der Waals surface area contributed by atoms with Crippen LogP contribution in [0.1, 0.15) is 0 Å². The number of hydrogen-bond acceptors (Lipinski definition) is 0. The van der Waals surface area contributed by atoms with Gasteiger partial charge in [0.2, 0.25) is 0 Å². The molecule has 0 unspecified atom stereocenters. The van der Waals surface area contributed by atoms with Crippen molar-refractivity contribution in [3.8, 4) is 72.7 Å². The number of fused-ring (bicyclic) bond motifs is 4. The second-order valence-corrected chi connectivity index (χ2v) is 16.5. The summed E-state index contributed by atoms with van der Waals surface area (Å²) in [4.78, 5) is 0. The predicted octanol–water partition coefficient (Wildman–Crippen LogP) is 17.1. The molecule has 12 rings (SSSR count). The van der Waals surface area contributed by atoms with E-state index in [2.05, 4.69) is 253 Å². The summed E-state index contributed by atoms with van der Waals surface area (Å²) in [7, 11) is 0. The molecule has 11 aromatic carbocycles. The smallest absolute Gasteiger partial charge is 0.0535 e. The molecule has 0 amide bonds.